The zero-order valence-electron chi connectivity index (χ0n) is 9.86. The van der Waals surface area contributed by atoms with E-state index in [9.17, 15) is 4.79 Å². The van der Waals surface area contributed by atoms with E-state index in [0.717, 1.165) is 19.3 Å². The summed E-state index contributed by atoms with van der Waals surface area (Å²) in [5.41, 5.74) is 6.76. The molecule has 2 fully saturated rings. The first-order chi connectivity index (χ1) is 8.25. The van der Waals surface area contributed by atoms with Gasteiger partial charge in [0.15, 0.2) is 0 Å². The Labute approximate surface area is 101 Å². The van der Waals surface area contributed by atoms with Gasteiger partial charge in [0.05, 0.1) is 5.41 Å². The topological polar surface area (TPSA) is 55.1 Å². The lowest BCUT2D eigenvalue weighted by Gasteiger charge is -2.12. The summed E-state index contributed by atoms with van der Waals surface area (Å²) >= 11 is 0. The Kier molecular flexibility index (Phi) is 2.44. The summed E-state index contributed by atoms with van der Waals surface area (Å²) in [6.07, 6.45) is 2.98. The molecule has 2 atom stereocenters. The zero-order valence-corrected chi connectivity index (χ0v) is 9.86. The van der Waals surface area contributed by atoms with Crippen LogP contribution in [0.25, 0.3) is 0 Å². The van der Waals surface area contributed by atoms with Gasteiger partial charge in [0.1, 0.15) is 0 Å². The van der Waals surface area contributed by atoms with Crippen molar-refractivity contribution in [2.45, 2.75) is 31.2 Å². The highest BCUT2D eigenvalue weighted by atomic mass is 16.2. The van der Waals surface area contributed by atoms with Gasteiger partial charge in [0, 0.05) is 18.5 Å². The molecule has 2 saturated carbocycles. The lowest BCUT2D eigenvalue weighted by Crippen LogP contribution is -2.38. The first-order valence-corrected chi connectivity index (χ1v) is 6.31. The normalized spacial score (nSPS) is 28.5. The van der Waals surface area contributed by atoms with Gasteiger partial charge in [-0.2, -0.15) is 0 Å². The molecule has 1 aromatic carbocycles. The highest BCUT2D eigenvalue weighted by molar-refractivity contribution is 5.86. The molecule has 3 heteroatoms. The Morgan fingerprint density at radius 3 is 2.65 bits per heavy atom. The van der Waals surface area contributed by atoms with Gasteiger partial charge < -0.3 is 11.1 Å². The minimum Gasteiger partial charge on any atom is -0.352 e. The summed E-state index contributed by atoms with van der Waals surface area (Å²) in [6.45, 7) is 0.488. The number of amides is 1. The first-order valence-electron chi connectivity index (χ1n) is 6.31. The molecule has 0 bridgehead atoms. The summed E-state index contributed by atoms with van der Waals surface area (Å²) in [4.78, 5) is 12.0. The predicted molar refractivity (Wildman–Crippen MR) is 66.5 cm³/mol. The maximum atomic E-state index is 12.0. The number of rotatable bonds is 4. The molecule has 0 aromatic heterocycles. The lowest BCUT2D eigenvalue weighted by molar-refractivity contribution is -0.126. The molecule has 0 heterocycles. The molecule has 17 heavy (non-hydrogen) atoms. The second-order valence-electron chi connectivity index (χ2n) is 5.32. The molecular weight excluding hydrogens is 212 g/mol. The van der Waals surface area contributed by atoms with Gasteiger partial charge in [-0.3, -0.25) is 4.79 Å². The van der Waals surface area contributed by atoms with Crippen molar-refractivity contribution in [3.63, 3.8) is 0 Å². The van der Waals surface area contributed by atoms with Crippen molar-refractivity contribution in [1.82, 2.24) is 5.32 Å². The molecule has 1 amide bonds. The summed E-state index contributed by atoms with van der Waals surface area (Å²) < 4.78 is 0. The number of carbonyl (C=O) groups is 1. The van der Waals surface area contributed by atoms with Crippen LogP contribution in [0.2, 0.25) is 0 Å². The van der Waals surface area contributed by atoms with Crippen LogP contribution >= 0.6 is 0 Å². The molecule has 0 aliphatic heterocycles. The summed E-state index contributed by atoms with van der Waals surface area (Å²) in [5.74, 6) is 0.678. The lowest BCUT2D eigenvalue weighted by atomic mass is 10.1. The van der Waals surface area contributed by atoms with Crippen molar-refractivity contribution >= 4 is 5.91 Å². The van der Waals surface area contributed by atoms with Crippen molar-refractivity contribution in [3.8, 4) is 0 Å². The van der Waals surface area contributed by atoms with Crippen LogP contribution in [-0.4, -0.2) is 18.5 Å². The molecule has 2 aliphatic carbocycles. The molecule has 2 aliphatic rings. The number of carbonyl (C=O) groups excluding carboxylic acids is 1. The minimum absolute atomic E-state index is 0.170. The molecule has 0 spiro atoms. The van der Waals surface area contributed by atoms with Gasteiger partial charge in [0.2, 0.25) is 5.91 Å². The van der Waals surface area contributed by atoms with Gasteiger partial charge in [0.25, 0.3) is 0 Å². The minimum atomic E-state index is -0.218. The van der Waals surface area contributed by atoms with Crippen LogP contribution in [0.4, 0.5) is 0 Å². The van der Waals surface area contributed by atoms with E-state index < -0.39 is 0 Å². The van der Waals surface area contributed by atoms with E-state index in [2.05, 4.69) is 29.6 Å². The van der Waals surface area contributed by atoms with E-state index in [-0.39, 0.29) is 11.3 Å². The van der Waals surface area contributed by atoms with Gasteiger partial charge in [-0.25, -0.2) is 0 Å². The van der Waals surface area contributed by atoms with Crippen molar-refractivity contribution in [3.05, 3.63) is 35.9 Å². The fraction of sp³-hybridized carbons (Fsp3) is 0.500. The maximum Gasteiger partial charge on any atom is 0.227 e. The van der Waals surface area contributed by atoms with Crippen LogP contribution in [0.1, 0.15) is 30.7 Å². The molecule has 0 radical (unpaired) electrons. The van der Waals surface area contributed by atoms with Crippen LogP contribution < -0.4 is 11.1 Å². The first kappa shape index (κ1) is 10.8. The SMILES string of the molecule is NCC1(C(=O)NC2CC2c2ccccc2)CC1. The van der Waals surface area contributed by atoms with Crippen molar-refractivity contribution < 1.29 is 4.79 Å². The number of nitrogens with two attached hydrogens (primary N) is 1. The number of hydrogen-bond donors (Lipinski definition) is 2. The highest BCUT2D eigenvalue weighted by Crippen LogP contribution is 2.47. The van der Waals surface area contributed by atoms with Crippen molar-refractivity contribution in [2.24, 2.45) is 11.1 Å². The Balaban J connectivity index is 1.58. The van der Waals surface area contributed by atoms with E-state index in [4.69, 9.17) is 5.73 Å². The molecular formula is C14H18N2O. The number of benzene rings is 1. The van der Waals surface area contributed by atoms with E-state index >= 15 is 0 Å². The molecule has 3 N–H and O–H groups in total. The van der Waals surface area contributed by atoms with Crippen LogP contribution in [0.3, 0.4) is 0 Å². The van der Waals surface area contributed by atoms with E-state index in [1.807, 2.05) is 6.07 Å². The Morgan fingerprint density at radius 2 is 2.06 bits per heavy atom. The molecule has 3 nitrogen and oxygen atoms in total. The summed E-state index contributed by atoms with van der Waals surface area (Å²) in [7, 11) is 0. The second kappa shape index (κ2) is 3.84. The quantitative estimate of drug-likeness (QED) is 0.821. The van der Waals surface area contributed by atoms with Crippen LogP contribution in [0.15, 0.2) is 30.3 Å². The average Bonchev–Trinajstić information content (AvgIpc) is 3.25. The van der Waals surface area contributed by atoms with E-state index in [1.165, 1.54) is 5.56 Å². The number of hydrogen-bond acceptors (Lipinski definition) is 2. The standard InChI is InChI=1S/C14H18N2O/c15-9-14(6-7-14)13(17)16-12-8-11(12)10-4-2-1-3-5-10/h1-5,11-12H,6-9,15H2,(H,16,17). The Hall–Kier alpha value is -1.35. The van der Waals surface area contributed by atoms with E-state index in [0.29, 0.717) is 18.5 Å². The predicted octanol–water partition coefficient (Wildman–Crippen LogP) is 1.40. The summed E-state index contributed by atoms with van der Waals surface area (Å²) in [6, 6.07) is 10.7. The summed E-state index contributed by atoms with van der Waals surface area (Å²) in [5, 5.41) is 3.14. The smallest absolute Gasteiger partial charge is 0.227 e. The highest BCUT2D eigenvalue weighted by Gasteiger charge is 2.51. The maximum absolute atomic E-state index is 12.0. The second-order valence-corrected chi connectivity index (χ2v) is 5.32. The number of nitrogens with one attached hydrogen (secondary N) is 1. The molecule has 0 saturated heterocycles. The molecule has 3 rings (SSSR count). The monoisotopic (exact) mass is 230 g/mol. The molecule has 90 valence electrons. The third kappa shape index (κ3) is 1.95. The van der Waals surface area contributed by atoms with Gasteiger partial charge in [-0.15, -0.1) is 0 Å². The molecule has 2 unspecified atom stereocenters. The fourth-order valence-corrected chi connectivity index (χ4v) is 2.42. The third-order valence-corrected chi connectivity index (χ3v) is 4.06. The average molecular weight is 230 g/mol. The Bertz CT molecular complexity index is 425. The van der Waals surface area contributed by atoms with Crippen LogP contribution in [-0.2, 0) is 4.79 Å². The fourth-order valence-electron chi connectivity index (χ4n) is 2.42. The third-order valence-electron chi connectivity index (χ3n) is 4.06. The van der Waals surface area contributed by atoms with Crippen molar-refractivity contribution in [1.29, 1.82) is 0 Å². The van der Waals surface area contributed by atoms with Gasteiger partial charge in [-0.1, -0.05) is 30.3 Å². The van der Waals surface area contributed by atoms with Gasteiger partial charge >= 0.3 is 0 Å². The van der Waals surface area contributed by atoms with Crippen molar-refractivity contribution in [2.75, 3.05) is 6.54 Å². The van der Waals surface area contributed by atoms with E-state index in [1.54, 1.807) is 0 Å². The zero-order chi connectivity index (χ0) is 11.9. The van der Waals surface area contributed by atoms with Crippen LogP contribution in [0, 0.1) is 5.41 Å². The van der Waals surface area contributed by atoms with Gasteiger partial charge in [-0.05, 0) is 24.8 Å². The van der Waals surface area contributed by atoms with Crippen LogP contribution in [0.5, 0.6) is 0 Å². The largest absolute Gasteiger partial charge is 0.352 e. The molecule has 1 aromatic rings. The Morgan fingerprint density at radius 1 is 1.35 bits per heavy atom.